The van der Waals surface area contributed by atoms with Crippen molar-refractivity contribution in [2.24, 2.45) is 0 Å². The molecule has 0 amide bonds. The molecule has 0 radical (unpaired) electrons. The first-order valence-corrected chi connectivity index (χ1v) is 7.70. The fourth-order valence-corrected chi connectivity index (χ4v) is 3.10. The van der Waals surface area contributed by atoms with Gasteiger partial charge in [-0.05, 0) is 25.5 Å². The highest BCUT2D eigenvalue weighted by Gasteiger charge is 2.26. The lowest BCUT2D eigenvalue weighted by molar-refractivity contribution is 0.0379. The summed E-state index contributed by atoms with van der Waals surface area (Å²) in [5.74, 6) is -0.363. The zero-order valence-corrected chi connectivity index (χ0v) is 12.8. The number of carbonyl (C=O) groups excluding carboxylic acids is 1. The number of aromatic nitrogens is 1. The third-order valence-corrected chi connectivity index (χ3v) is 4.25. The minimum atomic E-state index is -0.363. The van der Waals surface area contributed by atoms with Crippen LogP contribution in [-0.2, 0) is 17.8 Å². The number of benzene rings is 1. The normalized spacial score (nSPS) is 13.6. The minimum Gasteiger partial charge on any atom is -0.459 e. The molecule has 0 aliphatic carbocycles. The van der Waals surface area contributed by atoms with Gasteiger partial charge in [0.25, 0.3) is 0 Å². The fourth-order valence-electron chi connectivity index (χ4n) is 2.46. The minimum absolute atomic E-state index is 0.156. The summed E-state index contributed by atoms with van der Waals surface area (Å²) in [5.41, 5.74) is 9.30. The molecular formula is C15H17N3O2S. The Balaban J connectivity index is 1.88. The molecule has 0 saturated heterocycles. The van der Waals surface area contributed by atoms with Crippen LogP contribution in [0.25, 0.3) is 0 Å². The number of fused-ring (bicyclic) bond motifs is 1. The Morgan fingerprint density at radius 1 is 1.43 bits per heavy atom. The maximum atomic E-state index is 12.1. The van der Waals surface area contributed by atoms with Gasteiger partial charge in [0.15, 0.2) is 5.13 Å². The summed E-state index contributed by atoms with van der Waals surface area (Å²) in [6.07, 6.45) is 1.63. The molecule has 1 aromatic carbocycles. The standard InChI is InChI=1S/C15H17N3O2S/c1-9(2)20-14(19)11-4-3-10-7-18(8-12(10)13(11)16)15-17-5-6-21-15/h3-6,9H,7-8,16H2,1-2H3. The van der Waals surface area contributed by atoms with Gasteiger partial charge in [0.2, 0.25) is 0 Å². The number of nitrogens with two attached hydrogens (primary N) is 1. The van der Waals surface area contributed by atoms with E-state index < -0.39 is 0 Å². The second-order valence-electron chi connectivity index (χ2n) is 5.29. The smallest absolute Gasteiger partial charge is 0.340 e. The van der Waals surface area contributed by atoms with Crippen molar-refractivity contribution in [2.45, 2.75) is 33.0 Å². The van der Waals surface area contributed by atoms with Crippen molar-refractivity contribution >= 4 is 28.1 Å². The highest BCUT2D eigenvalue weighted by Crippen LogP contribution is 2.34. The zero-order chi connectivity index (χ0) is 15.0. The molecule has 0 atom stereocenters. The Hall–Kier alpha value is -2.08. The van der Waals surface area contributed by atoms with Gasteiger partial charge in [0.05, 0.1) is 17.4 Å². The first-order chi connectivity index (χ1) is 10.1. The van der Waals surface area contributed by atoms with Gasteiger partial charge in [-0.3, -0.25) is 0 Å². The molecule has 1 aliphatic heterocycles. The Kier molecular flexibility index (Phi) is 3.55. The Morgan fingerprint density at radius 2 is 2.24 bits per heavy atom. The van der Waals surface area contributed by atoms with Crippen molar-refractivity contribution in [1.29, 1.82) is 0 Å². The molecule has 21 heavy (non-hydrogen) atoms. The number of anilines is 2. The number of carbonyl (C=O) groups is 1. The van der Waals surface area contributed by atoms with E-state index in [0.29, 0.717) is 17.8 Å². The van der Waals surface area contributed by atoms with Gasteiger partial charge in [-0.25, -0.2) is 9.78 Å². The molecule has 0 spiro atoms. The van der Waals surface area contributed by atoms with Crippen LogP contribution in [0.5, 0.6) is 0 Å². The quantitative estimate of drug-likeness (QED) is 0.697. The van der Waals surface area contributed by atoms with Crippen LogP contribution in [0.1, 0.15) is 35.3 Å². The van der Waals surface area contributed by atoms with Crippen molar-refractivity contribution in [1.82, 2.24) is 4.98 Å². The number of nitrogen functional groups attached to an aromatic ring is 1. The van der Waals surface area contributed by atoms with Gasteiger partial charge in [0.1, 0.15) is 0 Å². The molecule has 0 unspecified atom stereocenters. The van der Waals surface area contributed by atoms with E-state index in [2.05, 4.69) is 9.88 Å². The number of nitrogens with zero attached hydrogens (tertiary/aromatic N) is 2. The number of ether oxygens (including phenoxy) is 1. The average molecular weight is 303 g/mol. The number of thiazole rings is 1. The summed E-state index contributed by atoms with van der Waals surface area (Å²) < 4.78 is 5.23. The van der Waals surface area contributed by atoms with Crippen LogP contribution in [0, 0.1) is 0 Å². The predicted molar refractivity (Wildman–Crippen MR) is 83.4 cm³/mol. The van der Waals surface area contributed by atoms with E-state index in [0.717, 1.165) is 22.8 Å². The molecule has 2 N–H and O–H groups in total. The SMILES string of the molecule is CC(C)OC(=O)c1ccc2c(c1N)CN(c1nccs1)C2. The molecule has 0 fully saturated rings. The van der Waals surface area contributed by atoms with Crippen molar-refractivity contribution in [2.75, 3.05) is 10.6 Å². The van der Waals surface area contributed by atoms with E-state index >= 15 is 0 Å². The van der Waals surface area contributed by atoms with Crippen LogP contribution in [0.4, 0.5) is 10.8 Å². The molecular weight excluding hydrogens is 286 g/mol. The van der Waals surface area contributed by atoms with Crippen LogP contribution in [0.2, 0.25) is 0 Å². The van der Waals surface area contributed by atoms with Crippen LogP contribution >= 0.6 is 11.3 Å². The average Bonchev–Trinajstić information content (AvgIpc) is 3.07. The topological polar surface area (TPSA) is 68.5 Å². The molecule has 3 rings (SSSR count). The number of esters is 1. The third kappa shape index (κ3) is 2.58. The summed E-state index contributed by atoms with van der Waals surface area (Å²) >= 11 is 1.60. The lowest BCUT2D eigenvalue weighted by Crippen LogP contribution is -2.15. The molecule has 0 bridgehead atoms. The highest BCUT2D eigenvalue weighted by atomic mass is 32.1. The van der Waals surface area contributed by atoms with Crippen LogP contribution in [-0.4, -0.2) is 17.1 Å². The van der Waals surface area contributed by atoms with E-state index in [1.165, 1.54) is 0 Å². The van der Waals surface area contributed by atoms with Gasteiger partial charge >= 0.3 is 5.97 Å². The maximum Gasteiger partial charge on any atom is 0.340 e. The second-order valence-corrected chi connectivity index (χ2v) is 6.16. The summed E-state index contributed by atoms with van der Waals surface area (Å²) in [6, 6.07) is 3.71. The molecule has 6 heteroatoms. The van der Waals surface area contributed by atoms with Crippen molar-refractivity contribution < 1.29 is 9.53 Å². The molecule has 0 saturated carbocycles. The van der Waals surface area contributed by atoms with Crippen LogP contribution in [0.3, 0.4) is 0 Å². The highest BCUT2D eigenvalue weighted by molar-refractivity contribution is 7.13. The van der Waals surface area contributed by atoms with Crippen molar-refractivity contribution in [3.8, 4) is 0 Å². The molecule has 1 aliphatic rings. The van der Waals surface area contributed by atoms with E-state index in [1.54, 1.807) is 23.6 Å². The van der Waals surface area contributed by atoms with Gasteiger partial charge in [0, 0.05) is 30.2 Å². The fraction of sp³-hybridized carbons (Fsp3) is 0.333. The molecule has 2 aromatic rings. The molecule has 2 heterocycles. The first kappa shape index (κ1) is 13.9. The van der Waals surface area contributed by atoms with Gasteiger partial charge in [-0.15, -0.1) is 11.3 Å². The Morgan fingerprint density at radius 3 is 2.90 bits per heavy atom. The summed E-state index contributed by atoms with van der Waals surface area (Å²) in [7, 11) is 0. The molecule has 1 aromatic heterocycles. The predicted octanol–water partition coefficient (Wildman–Crippen LogP) is 2.81. The largest absolute Gasteiger partial charge is 0.459 e. The van der Waals surface area contributed by atoms with Crippen LogP contribution < -0.4 is 10.6 Å². The van der Waals surface area contributed by atoms with Gasteiger partial charge < -0.3 is 15.4 Å². The van der Waals surface area contributed by atoms with E-state index in [9.17, 15) is 4.79 Å². The summed E-state index contributed by atoms with van der Waals surface area (Å²) in [6.45, 7) is 5.10. The number of hydrogen-bond donors (Lipinski definition) is 1. The molecule has 110 valence electrons. The number of rotatable bonds is 3. The van der Waals surface area contributed by atoms with E-state index in [1.807, 2.05) is 25.3 Å². The second kappa shape index (κ2) is 5.37. The Bertz CT molecular complexity index is 668. The lowest BCUT2D eigenvalue weighted by Gasteiger charge is -2.13. The van der Waals surface area contributed by atoms with Crippen LogP contribution in [0.15, 0.2) is 23.7 Å². The summed E-state index contributed by atoms with van der Waals surface area (Å²) in [5, 5.41) is 2.92. The van der Waals surface area contributed by atoms with E-state index in [-0.39, 0.29) is 12.1 Å². The first-order valence-electron chi connectivity index (χ1n) is 6.82. The number of hydrogen-bond acceptors (Lipinski definition) is 6. The zero-order valence-electron chi connectivity index (χ0n) is 12.0. The Labute approximate surface area is 127 Å². The van der Waals surface area contributed by atoms with Gasteiger partial charge in [-0.2, -0.15) is 0 Å². The van der Waals surface area contributed by atoms with E-state index in [4.69, 9.17) is 10.5 Å². The van der Waals surface area contributed by atoms with Crippen molar-refractivity contribution in [3.05, 3.63) is 40.4 Å². The maximum absolute atomic E-state index is 12.1. The van der Waals surface area contributed by atoms with Gasteiger partial charge in [-0.1, -0.05) is 6.07 Å². The molecule has 5 nitrogen and oxygen atoms in total. The third-order valence-electron chi connectivity index (χ3n) is 3.42. The lowest BCUT2D eigenvalue weighted by atomic mass is 10.0. The summed E-state index contributed by atoms with van der Waals surface area (Å²) in [4.78, 5) is 18.5. The monoisotopic (exact) mass is 303 g/mol. The van der Waals surface area contributed by atoms with Crippen molar-refractivity contribution in [3.63, 3.8) is 0 Å².